The lowest BCUT2D eigenvalue weighted by molar-refractivity contribution is -0.385. The minimum atomic E-state index is -0.849. The third-order valence-corrected chi connectivity index (χ3v) is 3.18. The van der Waals surface area contributed by atoms with Gasteiger partial charge in [-0.05, 0) is 40.2 Å². The Hall–Kier alpha value is -2.35. The van der Waals surface area contributed by atoms with Crippen molar-refractivity contribution in [2.24, 2.45) is 0 Å². The summed E-state index contributed by atoms with van der Waals surface area (Å²) in [6.45, 7) is 0. The van der Waals surface area contributed by atoms with E-state index < -0.39 is 28.2 Å². The highest BCUT2D eigenvalue weighted by Crippen LogP contribution is 2.23. The Balaban J connectivity index is 2.29. The fraction of sp³-hybridized carbons (Fsp3) is 0. The summed E-state index contributed by atoms with van der Waals surface area (Å²) in [5, 5.41) is 12.9. The number of hydrogen-bond acceptors (Lipinski definition) is 3. The number of carbonyl (C=O) groups is 1. The van der Waals surface area contributed by atoms with E-state index in [0.29, 0.717) is 0 Å². The van der Waals surface area contributed by atoms with Gasteiger partial charge >= 0.3 is 0 Å². The van der Waals surface area contributed by atoms with Gasteiger partial charge in [-0.25, -0.2) is 8.78 Å². The predicted molar refractivity (Wildman–Crippen MR) is 75.1 cm³/mol. The van der Waals surface area contributed by atoms with Crippen molar-refractivity contribution in [2.75, 3.05) is 5.32 Å². The van der Waals surface area contributed by atoms with Crippen molar-refractivity contribution < 1.29 is 18.5 Å². The van der Waals surface area contributed by atoms with Gasteiger partial charge in [0.25, 0.3) is 11.6 Å². The molecule has 0 spiro atoms. The van der Waals surface area contributed by atoms with Crippen molar-refractivity contribution in [3.8, 4) is 0 Å². The van der Waals surface area contributed by atoms with E-state index in [2.05, 4.69) is 21.2 Å². The first-order chi connectivity index (χ1) is 9.86. The maximum absolute atomic E-state index is 13.3. The first-order valence-corrected chi connectivity index (χ1v) is 6.37. The summed E-state index contributed by atoms with van der Waals surface area (Å²) in [7, 11) is 0. The van der Waals surface area contributed by atoms with Crippen LogP contribution < -0.4 is 5.32 Å². The molecule has 2 aromatic rings. The highest BCUT2D eigenvalue weighted by atomic mass is 79.9. The quantitative estimate of drug-likeness (QED) is 0.669. The maximum Gasteiger partial charge on any atom is 0.274 e. The molecule has 2 aromatic carbocycles. The number of rotatable bonds is 3. The highest BCUT2D eigenvalue weighted by molar-refractivity contribution is 9.10. The van der Waals surface area contributed by atoms with Crippen molar-refractivity contribution in [3.05, 3.63) is 68.2 Å². The van der Waals surface area contributed by atoms with Crippen LogP contribution in [0.3, 0.4) is 0 Å². The third kappa shape index (κ3) is 3.60. The number of hydrogen-bond donors (Lipinski definition) is 1. The normalized spacial score (nSPS) is 10.2. The van der Waals surface area contributed by atoms with Crippen LogP contribution in [0.15, 0.2) is 40.9 Å². The van der Waals surface area contributed by atoms with Gasteiger partial charge in [-0.1, -0.05) is 0 Å². The molecular weight excluding hydrogens is 350 g/mol. The van der Waals surface area contributed by atoms with E-state index in [1.54, 1.807) is 0 Å². The molecule has 5 nitrogen and oxygen atoms in total. The molecule has 0 fully saturated rings. The average Bonchev–Trinajstić information content (AvgIpc) is 2.37. The monoisotopic (exact) mass is 356 g/mol. The van der Waals surface area contributed by atoms with Crippen molar-refractivity contribution in [2.45, 2.75) is 0 Å². The molecule has 1 N–H and O–H groups in total. The lowest BCUT2D eigenvalue weighted by atomic mass is 10.2. The molecule has 0 saturated heterocycles. The Morgan fingerprint density at radius 3 is 2.48 bits per heavy atom. The SMILES string of the molecule is O=C(Nc1cc(F)cc([N+](=O)[O-])c1)c1ccc(F)cc1Br. The van der Waals surface area contributed by atoms with Crippen LogP contribution in [-0.2, 0) is 0 Å². The number of nitro benzene ring substituents is 1. The van der Waals surface area contributed by atoms with Gasteiger partial charge in [0.15, 0.2) is 0 Å². The fourth-order valence-corrected chi connectivity index (χ4v) is 2.15. The van der Waals surface area contributed by atoms with Crippen LogP contribution in [0.4, 0.5) is 20.2 Å². The van der Waals surface area contributed by atoms with Gasteiger partial charge in [-0.3, -0.25) is 14.9 Å². The molecule has 0 aliphatic rings. The first kappa shape index (κ1) is 15.0. The molecule has 8 heteroatoms. The molecule has 108 valence electrons. The van der Waals surface area contributed by atoms with Gasteiger partial charge in [-0.15, -0.1) is 0 Å². The number of benzene rings is 2. The molecule has 2 rings (SSSR count). The molecule has 0 aliphatic heterocycles. The maximum atomic E-state index is 13.3. The Kier molecular flexibility index (Phi) is 4.27. The molecule has 0 radical (unpaired) electrons. The summed E-state index contributed by atoms with van der Waals surface area (Å²) >= 11 is 3.03. The Morgan fingerprint density at radius 1 is 1.14 bits per heavy atom. The number of anilines is 1. The summed E-state index contributed by atoms with van der Waals surface area (Å²) in [6, 6.07) is 6.14. The number of nitrogens with zero attached hydrogens (tertiary/aromatic N) is 1. The lowest BCUT2D eigenvalue weighted by Gasteiger charge is -2.07. The van der Waals surface area contributed by atoms with E-state index in [-0.39, 0.29) is 15.7 Å². The van der Waals surface area contributed by atoms with Crippen molar-refractivity contribution >= 4 is 33.2 Å². The van der Waals surface area contributed by atoms with Crippen molar-refractivity contribution in [3.63, 3.8) is 0 Å². The van der Waals surface area contributed by atoms with Crippen LogP contribution in [-0.4, -0.2) is 10.8 Å². The Bertz CT molecular complexity index is 737. The number of halogens is 3. The molecule has 0 saturated carbocycles. The van der Waals surface area contributed by atoms with E-state index in [4.69, 9.17) is 0 Å². The van der Waals surface area contributed by atoms with Gasteiger partial charge < -0.3 is 5.32 Å². The van der Waals surface area contributed by atoms with Crippen LogP contribution in [0.25, 0.3) is 0 Å². The zero-order valence-corrected chi connectivity index (χ0v) is 11.9. The van der Waals surface area contributed by atoms with E-state index in [1.807, 2.05) is 0 Å². The Labute approximate surface area is 125 Å². The largest absolute Gasteiger partial charge is 0.322 e. The molecule has 1 amide bonds. The molecule has 0 heterocycles. The van der Waals surface area contributed by atoms with Gasteiger partial charge in [0, 0.05) is 10.5 Å². The van der Waals surface area contributed by atoms with E-state index in [0.717, 1.165) is 30.3 Å². The van der Waals surface area contributed by atoms with E-state index in [1.165, 1.54) is 6.07 Å². The molecular formula is C13H7BrF2N2O3. The summed E-state index contributed by atoms with van der Waals surface area (Å²) in [4.78, 5) is 21.8. The molecule has 21 heavy (non-hydrogen) atoms. The van der Waals surface area contributed by atoms with Gasteiger partial charge in [0.05, 0.1) is 22.2 Å². The van der Waals surface area contributed by atoms with Crippen molar-refractivity contribution in [1.29, 1.82) is 0 Å². The summed E-state index contributed by atoms with van der Waals surface area (Å²) in [5.74, 6) is -2.03. The number of non-ortho nitro benzene ring substituents is 1. The first-order valence-electron chi connectivity index (χ1n) is 5.58. The molecule has 0 unspecified atom stereocenters. The van der Waals surface area contributed by atoms with Crippen LogP contribution in [0.2, 0.25) is 0 Å². The number of nitrogens with one attached hydrogen (secondary N) is 1. The smallest absolute Gasteiger partial charge is 0.274 e. The highest BCUT2D eigenvalue weighted by Gasteiger charge is 2.14. The van der Waals surface area contributed by atoms with E-state index in [9.17, 15) is 23.7 Å². The Morgan fingerprint density at radius 2 is 1.86 bits per heavy atom. The summed E-state index contributed by atoms with van der Waals surface area (Å²) in [5.41, 5.74) is -0.435. The number of carbonyl (C=O) groups excluding carboxylic acids is 1. The average molecular weight is 357 g/mol. The fourth-order valence-electron chi connectivity index (χ4n) is 1.62. The van der Waals surface area contributed by atoms with Gasteiger partial charge in [0.2, 0.25) is 0 Å². The minimum Gasteiger partial charge on any atom is -0.322 e. The van der Waals surface area contributed by atoms with Gasteiger partial charge in [0.1, 0.15) is 11.6 Å². The zero-order valence-electron chi connectivity index (χ0n) is 10.3. The topological polar surface area (TPSA) is 72.2 Å². The van der Waals surface area contributed by atoms with Crippen molar-refractivity contribution in [1.82, 2.24) is 0 Å². The number of nitro groups is 1. The summed E-state index contributed by atoms with van der Waals surface area (Å²) in [6.07, 6.45) is 0. The second-order valence-corrected chi connectivity index (χ2v) is 4.89. The van der Waals surface area contributed by atoms with Crippen LogP contribution >= 0.6 is 15.9 Å². The van der Waals surface area contributed by atoms with E-state index >= 15 is 0 Å². The summed E-state index contributed by atoms with van der Waals surface area (Å²) < 4.78 is 26.4. The molecule has 0 aromatic heterocycles. The lowest BCUT2D eigenvalue weighted by Crippen LogP contribution is -2.13. The molecule has 0 bridgehead atoms. The number of amides is 1. The zero-order chi connectivity index (χ0) is 15.6. The van der Waals surface area contributed by atoms with Crippen LogP contribution in [0.5, 0.6) is 0 Å². The second kappa shape index (κ2) is 5.96. The second-order valence-electron chi connectivity index (χ2n) is 4.03. The molecule has 0 aliphatic carbocycles. The minimum absolute atomic E-state index is 0.0667. The van der Waals surface area contributed by atoms with Crippen LogP contribution in [0.1, 0.15) is 10.4 Å². The standard InChI is InChI=1S/C13H7BrF2N2O3/c14-12-5-7(15)1-2-11(12)13(19)17-9-3-8(16)4-10(6-9)18(20)21/h1-6H,(H,17,19). The van der Waals surface area contributed by atoms with Crippen LogP contribution in [0, 0.1) is 21.7 Å². The third-order valence-electron chi connectivity index (χ3n) is 2.53. The molecule has 0 atom stereocenters. The van der Waals surface area contributed by atoms with Gasteiger partial charge in [-0.2, -0.15) is 0 Å². The predicted octanol–water partition coefficient (Wildman–Crippen LogP) is 3.89.